The minimum Gasteiger partial charge on any atom is -0.493 e. The van der Waals surface area contributed by atoms with E-state index in [2.05, 4.69) is 9.97 Å². The molecule has 1 aromatic carbocycles. The van der Waals surface area contributed by atoms with Crippen LogP contribution >= 0.6 is 0 Å². The van der Waals surface area contributed by atoms with E-state index >= 15 is 0 Å². The molecule has 0 aliphatic heterocycles. The van der Waals surface area contributed by atoms with Crippen molar-refractivity contribution in [3.63, 3.8) is 0 Å². The molecule has 1 aliphatic rings. The molecule has 0 unspecified atom stereocenters. The van der Waals surface area contributed by atoms with Gasteiger partial charge in [0.05, 0.1) is 12.3 Å². The average molecular weight is 255 g/mol. The molecule has 1 heterocycles. The number of rotatable bonds is 4. The molecule has 0 saturated heterocycles. The van der Waals surface area contributed by atoms with Crippen LogP contribution in [0.3, 0.4) is 0 Å². The molecule has 4 nitrogen and oxygen atoms in total. The van der Waals surface area contributed by atoms with Gasteiger partial charge in [-0.15, -0.1) is 0 Å². The first-order valence-electron chi connectivity index (χ1n) is 6.64. The summed E-state index contributed by atoms with van der Waals surface area (Å²) in [6.07, 6.45) is 2.33. The van der Waals surface area contributed by atoms with Crippen LogP contribution in [0.5, 0.6) is 5.75 Å². The smallest absolute Gasteiger partial charge is 0.134 e. The number of hydrogen-bond donors (Lipinski definition) is 1. The number of anilines is 1. The van der Waals surface area contributed by atoms with Crippen LogP contribution in [0.15, 0.2) is 30.3 Å². The van der Waals surface area contributed by atoms with Crippen molar-refractivity contribution in [1.82, 2.24) is 9.97 Å². The summed E-state index contributed by atoms with van der Waals surface area (Å²) in [7, 11) is 0. The summed E-state index contributed by atoms with van der Waals surface area (Å²) in [4.78, 5) is 8.96. The zero-order chi connectivity index (χ0) is 13.2. The van der Waals surface area contributed by atoms with E-state index in [-0.39, 0.29) is 0 Å². The Bertz CT molecular complexity index is 594. The van der Waals surface area contributed by atoms with Crippen molar-refractivity contribution in [3.05, 3.63) is 36.2 Å². The zero-order valence-corrected chi connectivity index (χ0v) is 11.0. The molecule has 2 aromatic rings. The van der Waals surface area contributed by atoms with E-state index in [4.69, 9.17) is 10.5 Å². The van der Waals surface area contributed by atoms with Gasteiger partial charge in [0.25, 0.3) is 0 Å². The minimum atomic E-state index is 0.488. The third-order valence-corrected chi connectivity index (χ3v) is 3.17. The summed E-state index contributed by atoms with van der Waals surface area (Å²) in [5, 5.41) is 0. The van der Waals surface area contributed by atoms with Gasteiger partial charge in [-0.1, -0.05) is 12.1 Å². The molecule has 1 aromatic heterocycles. The van der Waals surface area contributed by atoms with Crippen molar-refractivity contribution >= 4 is 5.82 Å². The minimum absolute atomic E-state index is 0.488. The Labute approximate surface area is 112 Å². The maximum Gasteiger partial charge on any atom is 0.134 e. The van der Waals surface area contributed by atoms with Gasteiger partial charge in [-0.3, -0.25) is 0 Å². The summed E-state index contributed by atoms with van der Waals surface area (Å²) in [5.74, 6) is 2.71. The summed E-state index contributed by atoms with van der Waals surface area (Å²) in [5.41, 5.74) is 7.71. The van der Waals surface area contributed by atoms with Gasteiger partial charge >= 0.3 is 0 Å². The zero-order valence-electron chi connectivity index (χ0n) is 11.0. The number of nitrogens with two attached hydrogens (primary N) is 1. The van der Waals surface area contributed by atoms with Gasteiger partial charge in [0.2, 0.25) is 0 Å². The van der Waals surface area contributed by atoms with Crippen LogP contribution in [-0.4, -0.2) is 16.6 Å². The van der Waals surface area contributed by atoms with Crippen molar-refractivity contribution in [2.45, 2.75) is 25.7 Å². The third kappa shape index (κ3) is 2.52. The van der Waals surface area contributed by atoms with Gasteiger partial charge in [0.1, 0.15) is 17.4 Å². The maximum absolute atomic E-state index is 5.89. The fourth-order valence-electron chi connectivity index (χ4n) is 2.11. The highest BCUT2D eigenvalue weighted by atomic mass is 16.5. The van der Waals surface area contributed by atoms with E-state index in [1.807, 2.05) is 37.3 Å². The van der Waals surface area contributed by atoms with Gasteiger partial charge in [-0.05, 0) is 31.9 Å². The van der Waals surface area contributed by atoms with Crippen LogP contribution in [0.2, 0.25) is 0 Å². The highest BCUT2D eigenvalue weighted by molar-refractivity contribution is 5.68. The number of nitrogen functional groups attached to an aromatic ring is 1. The molecule has 1 aliphatic carbocycles. The Morgan fingerprint density at radius 2 is 2.05 bits per heavy atom. The largest absolute Gasteiger partial charge is 0.493 e. The number of para-hydroxylation sites is 1. The molecule has 0 atom stereocenters. The Morgan fingerprint density at radius 3 is 2.79 bits per heavy atom. The lowest BCUT2D eigenvalue weighted by molar-refractivity contribution is 0.341. The molecule has 1 fully saturated rings. The molecule has 1 saturated carbocycles. The summed E-state index contributed by atoms with van der Waals surface area (Å²) in [6, 6.07) is 9.70. The number of benzene rings is 1. The Morgan fingerprint density at radius 1 is 1.26 bits per heavy atom. The quantitative estimate of drug-likeness (QED) is 0.912. The van der Waals surface area contributed by atoms with Crippen LogP contribution in [0.1, 0.15) is 31.5 Å². The first kappa shape index (κ1) is 12.0. The lowest BCUT2D eigenvalue weighted by atomic mass is 10.1. The molecule has 0 bridgehead atoms. The van der Waals surface area contributed by atoms with Crippen LogP contribution in [-0.2, 0) is 0 Å². The van der Waals surface area contributed by atoms with E-state index in [0.717, 1.165) is 35.7 Å². The predicted octanol–water partition coefficient (Wildman–Crippen LogP) is 3.00. The lowest BCUT2D eigenvalue weighted by Gasteiger charge is -2.10. The predicted molar refractivity (Wildman–Crippen MR) is 75.0 cm³/mol. The highest BCUT2D eigenvalue weighted by Crippen LogP contribution is 2.39. The Balaban J connectivity index is 2.05. The van der Waals surface area contributed by atoms with Crippen LogP contribution in [0, 0.1) is 0 Å². The van der Waals surface area contributed by atoms with E-state index < -0.39 is 0 Å². The molecule has 0 spiro atoms. The van der Waals surface area contributed by atoms with Gasteiger partial charge in [0, 0.05) is 17.5 Å². The molecular formula is C15H17N3O. The van der Waals surface area contributed by atoms with E-state index in [9.17, 15) is 0 Å². The second-order valence-corrected chi connectivity index (χ2v) is 4.74. The lowest BCUT2D eigenvalue weighted by Crippen LogP contribution is -2.01. The standard InChI is InChI=1S/C15H17N3O/c1-2-19-13-6-4-3-5-11(13)12-9-14(16)18-15(17-12)10-7-8-10/h3-6,9-10H,2,7-8H2,1H3,(H2,16,17,18). The Hall–Kier alpha value is -2.10. The van der Waals surface area contributed by atoms with E-state index in [1.54, 1.807) is 0 Å². The molecule has 98 valence electrons. The molecule has 2 N–H and O–H groups in total. The topological polar surface area (TPSA) is 61.0 Å². The van der Waals surface area contributed by atoms with Gasteiger partial charge in [0.15, 0.2) is 0 Å². The maximum atomic E-state index is 5.89. The van der Waals surface area contributed by atoms with Gasteiger partial charge < -0.3 is 10.5 Å². The summed E-state index contributed by atoms with van der Waals surface area (Å²) < 4.78 is 5.65. The third-order valence-electron chi connectivity index (χ3n) is 3.17. The number of nitrogens with zero attached hydrogens (tertiary/aromatic N) is 2. The molecule has 19 heavy (non-hydrogen) atoms. The van der Waals surface area contributed by atoms with Crippen LogP contribution in [0.4, 0.5) is 5.82 Å². The van der Waals surface area contributed by atoms with Crippen molar-refractivity contribution < 1.29 is 4.74 Å². The number of aromatic nitrogens is 2. The van der Waals surface area contributed by atoms with E-state index in [0.29, 0.717) is 18.3 Å². The van der Waals surface area contributed by atoms with Gasteiger partial charge in [-0.2, -0.15) is 0 Å². The van der Waals surface area contributed by atoms with Crippen molar-refractivity contribution in [2.75, 3.05) is 12.3 Å². The molecule has 3 rings (SSSR count). The highest BCUT2D eigenvalue weighted by Gasteiger charge is 2.27. The fraction of sp³-hybridized carbons (Fsp3) is 0.333. The summed E-state index contributed by atoms with van der Waals surface area (Å²) in [6.45, 7) is 2.60. The SMILES string of the molecule is CCOc1ccccc1-c1cc(N)nc(C2CC2)n1. The van der Waals surface area contributed by atoms with Crippen molar-refractivity contribution in [1.29, 1.82) is 0 Å². The van der Waals surface area contributed by atoms with Crippen LogP contribution < -0.4 is 10.5 Å². The molecule has 0 amide bonds. The normalized spacial score (nSPS) is 14.4. The molecule has 4 heteroatoms. The summed E-state index contributed by atoms with van der Waals surface area (Å²) >= 11 is 0. The fourth-order valence-corrected chi connectivity index (χ4v) is 2.11. The molecule has 0 radical (unpaired) electrons. The second-order valence-electron chi connectivity index (χ2n) is 4.74. The number of ether oxygens (including phenoxy) is 1. The van der Waals surface area contributed by atoms with Crippen LogP contribution in [0.25, 0.3) is 11.3 Å². The van der Waals surface area contributed by atoms with Crippen molar-refractivity contribution in [3.8, 4) is 17.0 Å². The monoisotopic (exact) mass is 255 g/mol. The Kier molecular flexibility index (Phi) is 3.07. The number of hydrogen-bond acceptors (Lipinski definition) is 4. The average Bonchev–Trinajstić information content (AvgIpc) is 3.23. The second kappa shape index (κ2) is 4.88. The first-order valence-corrected chi connectivity index (χ1v) is 6.64. The van der Waals surface area contributed by atoms with E-state index in [1.165, 1.54) is 0 Å². The first-order chi connectivity index (χ1) is 9.28. The van der Waals surface area contributed by atoms with Crippen molar-refractivity contribution in [2.24, 2.45) is 0 Å². The van der Waals surface area contributed by atoms with Gasteiger partial charge in [-0.25, -0.2) is 9.97 Å². The molecular weight excluding hydrogens is 238 g/mol.